The molecule has 2 aromatic carbocycles. The van der Waals surface area contributed by atoms with E-state index in [9.17, 15) is 18.0 Å². The Balaban J connectivity index is 1.63. The number of aromatic nitrogens is 2. The van der Waals surface area contributed by atoms with Crippen LogP contribution in [0.4, 0.5) is 13.2 Å². The molecule has 0 aliphatic heterocycles. The first kappa shape index (κ1) is 18.5. The molecule has 0 aliphatic carbocycles. The van der Waals surface area contributed by atoms with Crippen LogP contribution in [-0.4, -0.2) is 21.8 Å². The average Bonchev–Trinajstić information content (AvgIpc) is 3.15. The number of halogens is 3. The van der Waals surface area contributed by atoms with Crippen molar-refractivity contribution in [3.63, 3.8) is 0 Å². The predicted octanol–water partition coefficient (Wildman–Crippen LogP) is 4.26. The molecule has 0 saturated carbocycles. The molecule has 140 valence electrons. The Bertz CT molecular complexity index is 889. The normalized spacial score (nSPS) is 12.4. The van der Waals surface area contributed by atoms with Crippen molar-refractivity contribution < 1.29 is 22.7 Å². The molecule has 1 N–H and O–H groups in total. The quantitative estimate of drug-likeness (QED) is 0.725. The number of nitrogens with zero attached hydrogens (tertiary/aromatic N) is 2. The number of hydrogen-bond acceptors (Lipinski definition) is 3. The molecule has 0 unspecified atom stereocenters. The fourth-order valence-corrected chi connectivity index (χ4v) is 2.52. The lowest BCUT2D eigenvalue weighted by atomic mass is 10.1. The van der Waals surface area contributed by atoms with Crippen LogP contribution in [0.25, 0.3) is 5.69 Å². The van der Waals surface area contributed by atoms with E-state index in [-0.39, 0.29) is 17.7 Å². The average molecular weight is 375 g/mol. The fourth-order valence-electron chi connectivity index (χ4n) is 2.52. The van der Waals surface area contributed by atoms with Gasteiger partial charge in [-0.05, 0) is 48.9 Å². The van der Waals surface area contributed by atoms with Crippen molar-refractivity contribution in [2.75, 3.05) is 0 Å². The summed E-state index contributed by atoms with van der Waals surface area (Å²) < 4.78 is 42.2. The maximum absolute atomic E-state index is 12.4. The van der Waals surface area contributed by atoms with E-state index in [4.69, 9.17) is 0 Å². The van der Waals surface area contributed by atoms with E-state index >= 15 is 0 Å². The smallest absolute Gasteiger partial charge is 0.406 e. The molecular weight excluding hydrogens is 359 g/mol. The maximum atomic E-state index is 12.4. The second-order valence-corrected chi connectivity index (χ2v) is 5.83. The summed E-state index contributed by atoms with van der Waals surface area (Å²) in [5.41, 5.74) is 2.01. The Morgan fingerprint density at radius 3 is 2.33 bits per heavy atom. The lowest BCUT2D eigenvalue weighted by molar-refractivity contribution is -0.274. The second kappa shape index (κ2) is 7.53. The van der Waals surface area contributed by atoms with Crippen LogP contribution in [0.2, 0.25) is 0 Å². The number of ether oxygens (including phenoxy) is 1. The highest BCUT2D eigenvalue weighted by atomic mass is 19.4. The van der Waals surface area contributed by atoms with Crippen molar-refractivity contribution in [3.8, 4) is 11.4 Å². The lowest BCUT2D eigenvalue weighted by Gasteiger charge is -2.15. The summed E-state index contributed by atoms with van der Waals surface area (Å²) in [6.07, 6.45) is 0.379. The topological polar surface area (TPSA) is 56.2 Å². The summed E-state index contributed by atoms with van der Waals surface area (Å²) in [6.45, 7) is 1.75. The molecule has 1 amide bonds. The van der Waals surface area contributed by atoms with E-state index in [1.54, 1.807) is 49.9 Å². The van der Waals surface area contributed by atoms with Gasteiger partial charge in [-0.2, -0.15) is 0 Å². The van der Waals surface area contributed by atoms with E-state index < -0.39 is 6.36 Å². The van der Waals surface area contributed by atoms with Gasteiger partial charge >= 0.3 is 6.36 Å². The number of imidazole rings is 1. The highest BCUT2D eigenvalue weighted by molar-refractivity contribution is 5.94. The van der Waals surface area contributed by atoms with Gasteiger partial charge in [0.15, 0.2) is 0 Å². The maximum Gasteiger partial charge on any atom is 0.573 e. The first-order chi connectivity index (χ1) is 12.8. The Hall–Kier alpha value is -3.29. The van der Waals surface area contributed by atoms with Crippen LogP contribution in [0.15, 0.2) is 67.3 Å². The van der Waals surface area contributed by atoms with Crippen molar-refractivity contribution in [1.29, 1.82) is 0 Å². The first-order valence-corrected chi connectivity index (χ1v) is 8.07. The molecule has 3 aromatic rings. The fraction of sp³-hybridized carbons (Fsp3) is 0.158. The third kappa shape index (κ3) is 4.87. The molecule has 8 heteroatoms. The molecule has 0 saturated heterocycles. The summed E-state index contributed by atoms with van der Waals surface area (Å²) in [7, 11) is 0. The summed E-state index contributed by atoms with van der Waals surface area (Å²) >= 11 is 0. The molecule has 1 atom stereocenters. The molecule has 27 heavy (non-hydrogen) atoms. The van der Waals surface area contributed by atoms with Crippen LogP contribution in [0.3, 0.4) is 0 Å². The lowest BCUT2D eigenvalue weighted by Crippen LogP contribution is -2.26. The minimum atomic E-state index is -4.73. The molecular formula is C19H16F3N3O2. The van der Waals surface area contributed by atoms with Crippen molar-refractivity contribution in [3.05, 3.63) is 78.4 Å². The molecule has 0 aliphatic rings. The van der Waals surface area contributed by atoms with Crippen molar-refractivity contribution >= 4 is 5.91 Å². The number of carbonyl (C=O) groups is 1. The Labute approximate surface area is 153 Å². The number of benzene rings is 2. The van der Waals surface area contributed by atoms with Gasteiger partial charge in [0.2, 0.25) is 0 Å². The van der Waals surface area contributed by atoms with E-state index in [0.29, 0.717) is 11.1 Å². The standard InChI is InChI=1S/C19H16F3N3O2/c1-13(14-4-8-17(9-5-14)27-19(20,21)22)24-18(26)15-2-6-16(7-3-15)25-11-10-23-12-25/h2-13H,1H3,(H,24,26)/t13-/m0/s1. The summed E-state index contributed by atoms with van der Waals surface area (Å²) in [4.78, 5) is 16.3. The van der Waals surface area contributed by atoms with E-state index in [1.165, 1.54) is 24.3 Å². The monoisotopic (exact) mass is 375 g/mol. The van der Waals surface area contributed by atoms with Gasteiger partial charge in [0.05, 0.1) is 12.4 Å². The molecule has 5 nitrogen and oxygen atoms in total. The van der Waals surface area contributed by atoms with Crippen LogP contribution in [-0.2, 0) is 0 Å². The van der Waals surface area contributed by atoms with Gasteiger partial charge in [0, 0.05) is 23.6 Å². The van der Waals surface area contributed by atoms with E-state index in [0.717, 1.165) is 5.69 Å². The summed E-state index contributed by atoms with van der Waals surface area (Å²) in [5.74, 6) is -0.588. The zero-order valence-electron chi connectivity index (χ0n) is 14.3. The van der Waals surface area contributed by atoms with E-state index in [1.807, 2.05) is 4.57 Å². The van der Waals surface area contributed by atoms with Gasteiger partial charge in [-0.25, -0.2) is 4.98 Å². The number of alkyl halides is 3. The number of amides is 1. The zero-order chi connectivity index (χ0) is 19.4. The number of hydrogen-bond donors (Lipinski definition) is 1. The number of carbonyl (C=O) groups excluding carboxylic acids is 1. The summed E-state index contributed by atoms with van der Waals surface area (Å²) in [6, 6.07) is 12.0. The van der Waals surface area contributed by atoms with Gasteiger partial charge in [-0.1, -0.05) is 12.1 Å². The van der Waals surface area contributed by atoms with Crippen LogP contribution in [0, 0.1) is 0 Å². The third-order valence-corrected chi connectivity index (χ3v) is 3.89. The van der Waals surface area contributed by atoms with Gasteiger partial charge in [-0.3, -0.25) is 4.79 Å². The highest BCUT2D eigenvalue weighted by Crippen LogP contribution is 2.24. The van der Waals surface area contributed by atoms with Crippen molar-refractivity contribution in [2.24, 2.45) is 0 Å². The predicted molar refractivity (Wildman–Crippen MR) is 92.6 cm³/mol. The second-order valence-electron chi connectivity index (χ2n) is 5.83. The molecule has 3 rings (SSSR count). The van der Waals surface area contributed by atoms with Crippen molar-refractivity contribution in [2.45, 2.75) is 19.3 Å². The Morgan fingerprint density at radius 2 is 1.78 bits per heavy atom. The largest absolute Gasteiger partial charge is 0.573 e. The van der Waals surface area contributed by atoms with Crippen LogP contribution < -0.4 is 10.1 Å². The first-order valence-electron chi connectivity index (χ1n) is 8.07. The third-order valence-electron chi connectivity index (χ3n) is 3.89. The van der Waals surface area contributed by atoms with Gasteiger partial charge in [-0.15, -0.1) is 13.2 Å². The van der Waals surface area contributed by atoms with Gasteiger partial charge in [0.1, 0.15) is 5.75 Å². The Morgan fingerprint density at radius 1 is 1.11 bits per heavy atom. The number of rotatable bonds is 5. The minimum absolute atomic E-state index is 0.282. The highest BCUT2D eigenvalue weighted by Gasteiger charge is 2.31. The van der Waals surface area contributed by atoms with Crippen LogP contribution in [0.1, 0.15) is 28.9 Å². The zero-order valence-corrected chi connectivity index (χ0v) is 14.3. The van der Waals surface area contributed by atoms with Gasteiger partial charge < -0.3 is 14.6 Å². The minimum Gasteiger partial charge on any atom is -0.406 e. The molecule has 1 aromatic heterocycles. The molecule has 1 heterocycles. The van der Waals surface area contributed by atoms with E-state index in [2.05, 4.69) is 15.0 Å². The summed E-state index contributed by atoms with van der Waals surface area (Å²) in [5, 5.41) is 2.81. The van der Waals surface area contributed by atoms with Crippen LogP contribution >= 0.6 is 0 Å². The molecule has 0 bridgehead atoms. The molecule has 0 fully saturated rings. The van der Waals surface area contributed by atoms with Crippen LogP contribution in [0.5, 0.6) is 5.75 Å². The Kier molecular flexibility index (Phi) is 5.16. The SMILES string of the molecule is C[C@H](NC(=O)c1ccc(-n2ccnc2)cc1)c1ccc(OC(F)(F)F)cc1. The van der Waals surface area contributed by atoms with Gasteiger partial charge in [0.25, 0.3) is 5.91 Å². The van der Waals surface area contributed by atoms with Crippen molar-refractivity contribution in [1.82, 2.24) is 14.9 Å². The molecule has 0 radical (unpaired) electrons. The molecule has 0 spiro atoms. The number of nitrogens with one attached hydrogen (secondary N) is 1.